The van der Waals surface area contributed by atoms with Crippen LogP contribution in [0.3, 0.4) is 0 Å². The quantitative estimate of drug-likeness (QED) is 0.852. The van der Waals surface area contributed by atoms with E-state index < -0.39 is 0 Å². The van der Waals surface area contributed by atoms with Gasteiger partial charge in [0.2, 0.25) is 0 Å². The van der Waals surface area contributed by atoms with E-state index in [0.29, 0.717) is 11.0 Å². The summed E-state index contributed by atoms with van der Waals surface area (Å²) in [4.78, 5) is 13.7. The van der Waals surface area contributed by atoms with E-state index in [1.165, 1.54) is 6.07 Å². The van der Waals surface area contributed by atoms with E-state index in [2.05, 4.69) is 20.8 Å². The summed E-state index contributed by atoms with van der Waals surface area (Å²) in [5.74, 6) is 0.178. The number of Topliss-reactive ketones (excluding diaryl/α,β-unsaturated/α-hetero) is 1. The molecule has 1 aliphatic rings. The lowest BCUT2D eigenvalue weighted by Gasteiger charge is -2.31. The van der Waals surface area contributed by atoms with Crippen LogP contribution in [0.15, 0.2) is 22.7 Å². The highest BCUT2D eigenvalue weighted by atomic mass is 79.9. The first kappa shape index (κ1) is 13.7. The number of carbonyl (C=O) groups excluding carboxylic acids is 1. The lowest BCUT2D eigenvalue weighted by Crippen LogP contribution is -2.37. The number of halogens is 2. The van der Waals surface area contributed by atoms with Crippen molar-refractivity contribution >= 4 is 21.7 Å². The molecule has 0 aliphatic carbocycles. The summed E-state index contributed by atoms with van der Waals surface area (Å²) in [5, 5.41) is 0. The van der Waals surface area contributed by atoms with Crippen LogP contribution in [0.1, 0.15) is 25.3 Å². The highest BCUT2D eigenvalue weighted by Crippen LogP contribution is 2.24. The number of ketones is 1. The zero-order valence-electron chi connectivity index (χ0n) is 10.5. The fourth-order valence-corrected chi connectivity index (χ4v) is 2.83. The number of nitrogens with zero attached hydrogens (tertiary/aromatic N) is 1. The molecule has 1 atom stereocenters. The van der Waals surface area contributed by atoms with Crippen LogP contribution in [0.2, 0.25) is 0 Å². The summed E-state index contributed by atoms with van der Waals surface area (Å²) in [6.07, 6.45) is 2.02. The molecule has 0 N–H and O–H groups in total. The second-order valence-electron chi connectivity index (χ2n) is 4.90. The van der Waals surface area contributed by atoms with Crippen molar-refractivity contribution in [2.75, 3.05) is 13.1 Å². The molecule has 0 saturated carbocycles. The topological polar surface area (TPSA) is 20.3 Å². The number of rotatable bonds is 3. The molecule has 0 amide bonds. The normalized spacial score (nSPS) is 20.9. The van der Waals surface area contributed by atoms with E-state index >= 15 is 0 Å². The molecule has 1 heterocycles. The Morgan fingerprint density at radius 1 is 1.56 bits per heavy atom. The van der Waals surface area contributed by atoms with Gasteiger partial charge in [-0.1, -0.05) is 12.1 Å². The molecule has 0 bridgehead atoms. The minimum Gasteiger partial charge on any atom is -0.300 e. The van der Waals surface area contributed by atoms with Crippen molar-refractivity contribution in [2.45, 2.75) is 26.3 Å². The SMILES string of the molecule is CC(=O)C1CCCN(Cc2cccc(F)c2Br)C1. The molecule has 98 valence electrons. The highest BCUT2D eigenvalue weighted by Gasteiger charge is 2.23. The Morgan fingerprint density at radius 3 is 3.06 bits per heavy atom. The third-order valence-corrected chi connectivity index (χ3v) is 4.39. The summed E-state index contributed by atoms with van der Waals surface area (Å²) in [5.41, 5.74) is 0.944. The lowest BCUT2D eigenvalue weighted by atomic mass is 9.94. The monoisotopic (exact) mass is 313 g/mol. The van der Waals surface area contributed by atoms with Gasteiger partial charge >= 0.3 is 0 Å². The minimum absolute atomic E-state index is 0.145. The molecule has 18 heavy (non-hydrogen) atoms. The van der Waals surface area contributed by atoms with Crippen LogP contribution in [0.5, 0.6) is 0 Å². The van der Waals surface area contributed by atoms with Crippen molar-refractivity contribution < 1.29 is 9.18 Å². The van der Waals surface area contributed by atoms with Gasteiger partial charge in [-0.25, -0.2) is 4.39 Å². The molecular formula is C14H17BrFNO. The molecule has 1 aromatic rings. The van der Waals surface area contributed by atoms with Gasteiger partial charge < -0.3 is 0 Å². The van der Waals surface area contributed by atoms with E-state index in [-0.39, 0.29) is 17.5 Å². The van der Waals surface area contributed by atoms with Gasteiger partial charge in [-0.2, -0.15) is 0 Å². The average Bonchev–Trinajstić information content (AvgIpc) is 2.35. The molecule has 0 spiro atoms. The van der Waals surface area contributed by atoms with E-state index in [0.717, 1.165) is 31.5 Å². The first-order valence-corrected chi connectivity index (χ1v) is 7.03. The molecule has 1 fully saturated rings. The Kier molecular flexibility index (Phi) is 4.51. The van der Waals surface area contributed by atoms with Gasteiger partial charge in [0.25, 0.3) is 0 Å². The van der Waals surface area contributed by atoms with Gasteiger partial charge in [0.15, 0.2) is 0 Å². The molecule has 0 aromatic heterocycles. The van der Waals surface area contributed by atoms with Gasteiger partial charge in [0, 0.05) is 19.0 Å². The van der Waals surface area contributed by atoms with E-state index in [4.69, 9.17) is 0 Å². The summed E-state index contributed by atoms with van der Waals surface area (Å²) in [6, 6.07) is 5.09. The smallest absolute Gasteiger partial charge is 0.137 e. The van der Waals surface area contributed by atoms with Crippen molar-refractivity contribution in [1.82, 2.24) is 4.90 Å². The second kappa shape index (κ2) is 5.93. The van der Waals surface area contributed by atoms with Crippen molar-refractivity contribution in [3.05, 3.63) is 34.1 Å². The lowest BCUT2D eigenvalue weighted by molar-refractivity contribution is -0.122. The third-order valence-electron chi connectivity index (χ3n) is 3.51. The average molecular weight is 314 g/mol. The third kappa shape index (κ3) is 3.18. The Balaban J connectivity index is 2.05. The zero-order chi connectivity index (χ0) is 13.1. The summed E-state index contributed by atoms with van der Waals surface area (Å²) in [6.45, 7) is 4.12. The maximum atomic E-state index is 13.4. The number of benzene rings is 1. The highest BCUT2D eigenvalue weighted by molar-refractivity contribution is 9.10. The maximum Gasteiger partial charge on any atom is 0.137 e. The second-order valence-corrected chi connectivity index (χ2v) is 5.69. The molecule has 1 unspecified atom stereocenters. The largest absolute Gasteiger partial charge is 0.300 e. The zero-order valence-corrected chi connectivity index (χ0v) is 12.0. The Labute approximate surface area is 115 Å². The fraction of sp³-hybridized carbons (Fsp3) is 0.500. The van der Waals surface area contributed by atoms with Gasteiger partial charge in [0.1, 0.15) is 11.6 Å². The molecular weight excluding hydrogens is 297 g/mol. The minimum atomic E-state index is -0.229. The van der Waals surface area contributed by atoms with Crippen molar-refractivity contribution in [1.29, 1.82) is 0 Å². The summed E-state index contributed by atoms with van der Waals surface area (Å²) in [7, 11) is 0. The van der Waals surface area contributed by atoms with Crippen molar-refractivity contribution in [3.63, 3.8) is 0 Å². The van der Waals surface area contributed by atoms with Crippen LogP contribution >= 0.6 is 15.9 Å². The van der Waals surface area contributed by atoms with E-state index in [9.17, 15) is 9.18 Å². The maximum absolute atomic E-state index is 13.4. The summed E-state index contributed by atoms with van der Waals surface area (Å²) < 4.78 is 14.0. The van der Waals surface area contributed by atoms with Crippen LogP contribution in [-0.4, -0.2) is 23.8 Å². The first-order chi connectivity index (χ1) is 8.58. The van der Waals surface area contributed by atoms with Crippen molar-refractivity contribution in [3.8, 4) is 0 Å². The van der Waals surface area contributed by atoms with Gasteiger partial charge in [-0.3, -0.25) is 9.69 Å². The number of hydrogen-bond acceptors (Lipinski definition) is 2. The molecule has 4 heteroatoms. The van der Waals surface area contributed by atoms with E-state index in [1.807, 2.05) is 6.07 Å². The van der Waals surface area contributed by atoms with Crippen LogP contribution in [0, 0.1) is 11.7 Å². The Hall–Kier alpha value is -0.740. The number of piperidine rings is 1. The van der Waals surface area contributed by atoms with Crippen molar-refractivity contribution in [2.24, 2.45) is 5.92 Å². The standard InChI is InChI=1S/C14H17BrFNO/c1-10(18)11-5-3-7-17(8-11)9-12-4-2-6-13(16)14(12)15/h2,4,6,11H,3,5,7-9H2,1H3. The molecule has 1 aromatic carbocycles. The summed E-state index contributed by atoms with van der Waals surface area (Å²) >= 11 is 3.28. The van der Waals surface area contributed by atoms with Crippen LogP contribution in [0.25, 0.3) is 0 Å². The molecule has 1 saturated heterocycles. The van der Waals surface area contributed by atoms with Gasteiger partial charge in [0.05, 0.1) is 4.47 Å². The molecule has 1 aliphatic heterocycles. The fourth-order valence-electron chi connectivity index (χ4n) is 2.44. The number of carbonyl (C=O) groups is 1. The molecule has 2 rings (SSSR count). The van der Waals surface area contributed by atoms with Crippen LogP contribution in [-0.2, 0) is 11.3 Å². The van der Waals surface area contributed by atoms with Crippen LogP contribution < -0.4 is 0 Å². The first-order valence-electron chi connectivity index (χ1n) is 6.23. The Morgan fingerprint density at radius 2 is 2.33 bits per heavy atom. The molecule has 2 nitrogen and oxygen atoms in total. The van der Waals surface area contributed by atoms with Crippen LogP contribution in [0.4, 0.5) is 4.39 Å². The van der Waals surface area contributed by atoms with Gasteiger partial charge in [-0.05, 0) is 53.9 Å². The Bertz CT molecular complexity index is 449. The predicted molar refractivity (Wildman–Crippen MR) is 72.8 cm³/mol. The number of hydrogen-bond donors (Lipinski definition) is 0. The van der Waals surface area contributed by atoms with Gasteiger partial charge in [-0.15, -0.1) is 0 Å². The molecule has 0 radical (unpaired) electrons. The van der Waals surface area contributed by atoms with E-state index in [1.54, 1.807) is 13.0 Å². The predicted octanol–water partition coefficient (Wildman–Crippen LogP) is 3.39. The number of likely N-dealkylation sites (tertiary alicyclic amines) is 1.